The van der Waals surface area contributed by atoms with Crippen molar-refractivity contribution in [3.8, 4) is 17.2 Å². The molecule has 72 heavy (non-hydrogen) atoms. The van der Waals surface area contributed by atoms with E-state index in [9.17, 15) is 80.2 Å². The number of carbonyl (C=O) groups excluding carboxylic acids is 2. The molecule has 0 unspecified atom stereocenters. The van der Waals surface area contributed by atoms with Gasteiger partial charge in [0.2, 0.25) is 0 Å². The second-order valence-corrected chi connectivity index (χ2v) is 13.1. The predicted octanol–water partition coefficient (Wildman–Crippen LogP) is 8.11. The zero-order valence-corrected chi connectivity index (χ0v) is 40.7. The number of nitrogens with zero attached hydrogens (tertiary/aromatic N) is 1. The number of halogens is 15. The minimum absolute atomic E-state index is 0. The number of carboxylic acid groups (broad SMARTS) is 1. The molecule has 0 aliphatic rings. The summed E-state index contributed by atoms with van der Waals surface area (Å²) in [5.74, 6) is -11.9. The number of aliphatic hydroxyl groups excluding tert-OH is 2. The maximum atomic E-state index is 12.7. The molecule has 3 aromatic rings. The summed E-state index contributed by atoms with van der Waals surface area (Å²) in [6, 6.07) is 17.0. The van der Waals surface area contributed by atoms with Gasteiger partial charge < -0.3 is 56.0 Å². The van der Waals surface area contributed by atoms with E-state index in [0.717, 1.165) is 6.07 Å². The van der Waals surface area contributed by atoms with Crippen molar-refractivity contribution in [3.63, 3.8) is 0 Å². The van der Waals surface area contributed by atoms with Gasteiger partial charge in [-0.3, -0.25) is 0 Å². The van der Waals surface area contributed by atoms with Crippen molar-refractivity contribution in [2.75, 3.05) is 39.6 Å². The zero-order valence-electron chi connectivity index (χ0n) is 38.7. The summed E-state index contributed by atoms with van der Waals surface area (Å²) < 4.78 is 199. The summed E-state index contributed by atoms with van der Waals surface area (Å²) in [5.41, 5.74) is 2.51. The Kier molecular flexibility index (Phi) is 37.9. The Morgan fingerprint density at radius 3 is 1.17 bits per heavy atom. The number of carboxylic acids is 1. The van der Waals surface area contributed by atoms with Crippen molar-refractivity contribution in [1.29, 1.82) is 0 Å². The molecule has 30 heteroatoms. The summed E-state index contributed by atoms with van der Waals surface area (Å²) in [6.45, 7) is 4.49. The number of rotatable bonds is 18. The van der Waals surface area contributed by atoms with Crippen LogP contribution >= 0.6 is 0 Å². The van der Waals surface area contributed by atoms with E-state index in [-0.39, 0.29) is 84.4 Å². The van der Waals surface area contributed by atoms with Gasteiger partial charge in [-0.15, -0.1) is 0 Å². The summed E-state index contributed by atoms with van der Waals surface area (Å²) in [4.78, 5) is 33.2. The third-order valence-corrected chi connectivity index (χ3v) is 7.48. The summed E-state index contributed by atoms with van der Waals surface area (Å²) >= 11 is 0. The second-order valence-electron chi connectivity index (χ2n) is 13.1. The van der Waals surface area contributed by atoms with Crippen LogP contribution in [0.3, 0.4) is 0 Å². The average Bonchev–Trinajstić information content (AvgIpc) is 3.26. The first-order valence-corrected chi connectivity index (χ1v) is 20.1. The van der Waals surface area contributed by atoms with Crippen molar-refractivity contribution < 1.29 is 154 Å². The first-order valence-electron chi connectivity index (χ1n) is 20.1. The molecule has 0 heterocycles. The Balaban J connectivity index is -0.000000424. The van der Waals surface area contributed by atoms with Gasteiger partial charge in [-0.2, -0.15) is 65.9 Å². The van der Waals surface area contributed by atoms with Gasteiger partial charge >= 0.3 is 83.8 Å². The van der Waals surface area contributed by atoms with Crippen molar-refractivity contribution in [3.05, 3.63) is 95.1 Å². The average molecular weight is 1080 g/mol. The first kappa shape index (κ1) is 73.8. The van der Waals surface area contributed by atoms with Crippen molar-refractivity contribution >= 4 is 17.9 Å². The normalized spacial score (nSPS) is 11.2. The van der Waals surface area contributed by atoms with E-state index >= 15 is 0 Å². The third kappa shape index (κ3) is 32.3. The molecule has 0 aliphatic carbocycles. The van der Waals surface area contributed by atoms with Gasteiger partial charge in [0, 0.05) is 32.5 Å². The Morgan fingerprint density at radius 2 is 0.861 bits per heavy atom. The van der Waals surface area contributed by atoms with Crippen LogP contribution in [0.4, 0.5) is 65.9 Å². The van der Waals surface area contributed by atoms with E-state index in [2.05, 4.69) is 5.84 Å². The fourth-order valence-electron chi connectivity index (χ4n) is 4.19. The number of aromatic carboxylic acids is 1. The third-order valence-electron chi connectivity index (χ3n) is 7.48. The molecule has 0 aliphatic heterocycles. The monoisotopic (exact) mass is 1080 g/mol. The molecule has 0 aromatic heterocycles. The number of phenolic OH excluding ortho intramolecular Hbond substituents is 1. The fourth-order valence-corrected chi connectivity index (χ4v) is 4.19. The van der Waals surface area contributed by atoms with Crippen LogP contribution in [-0.2, 0) is 9.47 Å². The van der Waals surface area contributed by atoms with Crippen molar-refractivity contribution in [2.45, 2.75) is 95.6 Å². The zero-order chi connectivity index (χ0) is 55.7. The second kappa shape index (κ2) is 37.0. The number of hydrogen-bond acceptors (Lipinski definition) is 12. The van der Waals surface area contributed by atoms with Crippen LogP contribution in [0.15, 0.2) is 72.8 Å². The SMILES string of the molecule is CCO.CCOC(=O)c1cccc(O)c1.CCOC(=O)c1cccc(OCCCC(F)(F)C(F)(F)F)c1.N[N-]O.O=C(O)c1cccc(OCCCC(F)(F)C(F)(F)F)c1.OCCCC(F)(F)C(F)(F)F.[Na+]. The van der Waals surface area contributed by atoms with Gasteiger partial charge in [0.25, 0.3) is 0 Å². The van der Waals surface area contributed by atoms with Gasteiger partial charge in [0.1, 0.15) is 17.2 Å². The number of aliphatic hydroxyl groups is 2. The Bertz CT molecular complexity index is 1940. The molecule has 408 valence electrons. The molecule has 0 saturated heterocycles. The molecule has 0 saturated carbocycles. The van der Waals surface area contributed by atoms with Crippen LogP contribution in [0, 0.1) is 0 Å². The maximum absolute atomic E-state index is 12.7. The molecule has 7 N–H and O–H groups in total. The van der Waals surface area contributed by atoms with Gasteiger partial charge in [-0.05, 0) is 94.6 Å². The van der Waals surface area contributed by atoms with Gasteiger partial charge in [0.05, 0.1) is 43.1 Å². The van der Waals surface area contributed by atoms with E-state index < -0.39 is 99.3 Å². The molecule has 0 bridgehead atoms. The molecule has 3 rings (SSSR count). The molecule has 0 atom stereocenters. The Labute approximate surface area is 424 Å². The summed E-state index contributed by atoms with van der Waals surface area (Å²) in [6.07, 6.45) is -22.3. The predicted molar refractivity (Wildman–Crippen MR) is 221 cm³/mol. The number of phenols is 1. The molecule has 0 amide bonds. The first-order chi connectivity index (χ1) is 32.7. The van der Waals surface area contributed by atoms with Gasteiger partial charge in [0.15, 0.2) is 0 Å². The van der Waals surface area contributed by atoms with Crippen LogP contribution < -0.4 is 44.9 Å². The van der Waals surface area contributed by atoms with E-state index in [1.807, 2.05) is 5.59 Å². The Morgan fingerprint density at radius 1 is 0.556 bits per heavy atom. The minimum atomic E-state index is -5.57. The number of hydrogen-bond donors (Lipinski definition) is 6. The van der Waals surface area contributed by atoms with Crippen LogP contribution in [0.5, 0.6) is 17.2 Å². The van der Waals surface area contributed by atoms with Gasteiger partial charge in [-0.1, -0.05) is 18.2 Å². The van der Waals surface area contributed by atoms with Crippen LogP contribution in [0.1, 0.15) is 90.4 Å². The molecule has 0 spiro atoms. The molecular weight excluding hydrogens is 1030 g/mol. The van der Waals surface area contributed by atoms with Crippen LogP contribution in [0.25, 0.3) is 5.59 Å². The molecule has 3 aromatic carbocycles. The van der Waals surface area contributed by atoms with Gasteiger partial charge in [-0.25, -0.2) is 14.4 Å². The quantitative estimate of drug-likeness (QED) is 0.0177. The number of ether oxygens (including phenoxy) is 4. The number of benzene rings is 3. The number of esters is 2. The molecule has 0 radical (unpaired) electrons. The molecule has 0 fully saturated rings. The largest absolute Gasteiger partial charge is 1.00 e. The van der Waals surface area contributed by atoms with Crippen molar-refractivity contribution in [2.24, 2.45) is 5.84 Å². The van der Waals surface area contributed by atoms with Crippen LogP contribution in [-0.4, -0.2) is 119 Å². The topological polar surface area (TPSA) is 229 Å². The van der Waals surface area contributed by atoms with E-state index in [4.69, 9.17) is 44.6 Å². The fraction of sp³-hybridized carbons (Fsp3) is 0.500. The summed E-state index contributed by atoms with van der Waals surface area (Å²) in [7, 11) is 0. The van der Waals surface area contributed by atoms with Crippen molar-refractivity contribution in [1.82, 2.24) is 0 Å². The number of aromatic hydroxyl groups is 1. The maximum Gasteiger partial charge on any atom is 1.00 e. The van der Waals surface area contributed by atoms with Crippen LogP contribution in [0.2, 0.25) is 0 Å². The smallest absolute Gasteiger partial charge is 0.508 e. The number of alkyl halides is 15. The Hall–Kier alpha value is -4.78. The molecular formula is C42H52F15N2NaO12. The van der Waals surface area contributed by atoms with E-state index in [1.165, 1.54) is 54.6 Å². The van der Waals surface area contributed by atoms with E-state index in [0.29, 0.717) is 12.2 Å². The van der Waals surface area contributed by atoms with E-state index in [1.54, 1.807) is 32.9 Å². The molecule has 14 nitrogen and oxygen atoms in total. The standard InChI is InChI=1S/C14H15F5O3.C12H11F5O3.C9H10O3.C5H7F5O.C2H6O.H3N2O.Na/c1-2-21-12(20)10-5-3-6-11(9-10)22-8-4-7-13(15,16)14(17,18)19;13-11(14,12(15,16)17)5-2-6-20-9-4-1-3-8(7-9)10(18)19;1-2-12-9(11)7-4-3-5-8(10)6-7;6-4(7,2-1-3-11)5(8,9)10;2*1-2-3;/h3,5-6,9H,2,4,7-8H2,1H3;1,3-4,7H,2,5-6H2,(H,18,19);3-6,10H,2H2,1H3;11H,1-3H2;3H,2H2,1H3;3H,1H2;/q;;;;;-1;+1. The minimum Gasteiger partial charge on any atom is -0.508 e. The summed E-state index contributed by atoms with van der Waals surface area (Å²) in [5, 5.41) is 40.3. The number of nitrogens with two attached hydrogens (primary N) is 1. The number of carbonyl (C=O) groups is 3.